The molecule has 3 aromatic heterocycles. The Morgan fingerprint density at radius 2 is 1.62 bits per heavy atom. The summed E-state index contributed by atoms with van der Waals surface area (Å²) in [6.07, 6.45) is 6.81. The van der Waals surface area contributed by atoms with Crippen LogP contribution in [0, 0.1) is 11.3 Å². The minimum absolute atomic E-state index is 0.149. The highest BCUT2D eigenvalue weighted by atomic mass is 16.5. The molecule has 1 aromatic carbocycles. The van der Waals surface area contributed by atoms with E-state index in [-0.39, 0.29) is 4.65 Å². The average molecular weight is 384 g/mol. The van der Waals surface area contributed by atoms with Crippen molar-refractivity contribution in [1.82, 2.24) is 15.0 Å². The molecule has 0 spiro atoms. The van der Waals surface area contributed by atoms with E-state index in [4.69, 9.17) is 5.26 Å². The van der Waals surface area contributed by atoms with Crippen LogP contribution in [0.2, 0.25) is 0 Å². The van der Waals surface area contributed by atoms with Gasteiger partial charge in [0, 0.05) is 34.3 Å². The van der Waals surface area contributed by atoms with Crippen molar-refractivity contribution in [3.05, 3.63) is 59.9 Å². The van der Waals surface area contributed by atoms with Crippen molar-refractivity contribution in [2.75, 3.05) is 13.1 Å². The number of pyridine rings is 2. The zero-order valence-electron chi connectivity index (χ0n) is 16.1. The van der Waals surface area contributed by atoms with Gasteiger partial charge in [0.25, 0.3) is 0 Å². The summed E-state index contributed by atoms with van der Waals surface area (Å²) in [6, 6.07) is 14.4. The summed E-state index contributed by atoms with van der Waals surface area (Å²) >= 11 is 0. The number of nitrogens with one attached hydrogen (secondary N) is 1. The Balaban J connectivity index is 1.47. The molecular formula is C23H22N5O+. The van der Waals surface area contributed by atoms with E-state index in [2.05, 4.69) is 51.4 Å². The Morgan fingerprint density at radius 3 is 2.34 bits per heavy atom. The molecule has 1 fully saturated rings. The normalized spacial score (nSPS) is 16.1. The highest BCUT2D eigenvalue weighted by molar-refractivity contribution is 6.05. The summed E-state index contributed by atoms with van der Waals surface area (Å²) in [5.41, 5.74) is 5.26. The largest absolute Gasteiger partial charge is 0.324 e. The van der Waals surface area contributed by atoms with Gasteiger partial charge in [-0.15, -0.1) is 0 Å². The first-order valence-corrected chi connectivity index (χ1v) is 9.99. The van der Waals surface area contributed by atoms with E-state index in [1.54, 1.807) is 6.20 Å². The van der Waals surface area contributed by atoms with Gasteiger partial charge in [-0.3, -0.25) is 0 Å². The van der Waals surface area contributed by atoms with E-state index in [1.807, 2.05) is 12.3 Å². The summed E-state index contributed by atoms with van der Waals surface area (Å²) in [5, 5.41) is 21.8. The first-order chi connectivity index (χ1) is 14.1. The molecular weight excluding hydrogens is 362 g/mol. The molecule has 4 heterocycles. The molecule has 6 heteroatoms. The highest BCUT2D eigenvalue weighted by Gasteiger charge is 2.28. The Hall–Kier alpha value is -3.27. The van der Waals surface area contributed by atoms with Crippen molar-refractivity contribution in [2.24, 2.45) is 0 Å². The van der Waals surface area contributed by atoms with E-state index < -0.39 is 0 Å². The summed E-state index contributed by atoms with van der Waals surface area (Å²) < 4.78 is 0.149. The van der Waals surface area contributed by atoms with Crippen LogP contribution in [0.1, 0.15) is 30.4 Å². The molecule has 5 rings (SSSR count). The second kappa shape index (κ2) is 6.96. The highest BCUT2D eigenvalue weighted by Crippen LogP contribution is 2.29. The monoisotopic (exact) mass is 384 g/mol. The average Bonchev–Trinajstić information content (AvgIpc) is 3.11. The van der Waals surface area contributed by atoms with Gasteiger partial charge in [-0.05, 0) is 37.0 Å². The maximum Gasteiger partial charge on any atom is 0.139 e. The second-order valence-electron chi connectivity index (χ2n) is 7.94. The van der Waals surface area contributed by atoms with Crippen LogP contribution in [0.4, 0.5) is 0 Å². The fourth-order valence-electron chi connectivity index (χ4n) is 4.27. The van der Waals surface area contributed by atoms with Gasteiger partial charge in [0.05, 0.1) is 5.56 Å². The van der Waals surface area contributed by atoms with Gasteiger partial charge in [-0.1, -0.05) is 24.3 Å². The number of nitriles is 1. The number of quaternary nitrogens is 1. The minimum atomic E-state index is 0.149. The van der Waals surface area contributed by atoms with Gasteiger partial charge in [0.1, 0.15) is 37.0 Å². The summed E-state index contributed by atoms with van der Waals surface area (Å²) in [7, 11) is 0. The molecule has 144 valence electrons. The van der Waals surface area contributed by atoms with E-state index in [0.717, 1.165) is 64.7 Å². The predicted molar refractivity (Wildman–Crippen MR) is 111 cm³/mol. The number of likely N-dealkylation sites (tertiary alicyclic amines) is 1. The third-order valence-corrected chi connectivity index (χ3v) is 5.84. The molecule has 0 atom stereocenters. The number of hydrogen-bond donors (Lipinski definition) is 2. The van der Waals surface area contributed by atoms with Crippen molar-refractivity contribution in [3.8, 4) is 17.2 Å². The van der Waals surface area contributed by atoms with Crippen LogP contribution >= 0.6 is 0 Å². The fourth-order valence-corrected chi connectivity index (χ4v) is 4.27. The van der Waals surface area contributed by atoms with Gasteiger partial charge < -0.3 is 4.98 Å². The molecule has 6 nitrogen and oxygen atoms in total. The second-order valence-corrected chi connectivity index (χ2v) is 7.94. The predicted octanol–water partition coefficient (Wildman–Crippen LogP) is 4.54. The van der Waals surface area contributed by atoms with Crippen LogP contribution in [0.25, 0.3) is 33.2 Å². The summed E-state index contributed by atoms with van der Waals surface area (Å²) in [5.74, 6) is 0. The maximum absolute atomic E-state index is 10.7. The van der Waals surface area contributed by atoms with Gasteiger partial charge >= 0.3 is 0 Å². The fraction of sp³-hybridized carbons (Fsp3) is 0.261. The zero-order chi connectivity index (χ0) is 19.8. The van der Waals surface area contributed by atoms with Crippen molar-refractivity contribution in [3.63, 3.8) is 0 Å². The number of nitrogens with zero attached hydrogens (tertiary/aromatic N) is 4. The van der Waals surface area contributed by atoms with E-state index in [1.165, 1.54) is 6.42 Å². The third kappa shape index (κ3) is 3.35. The summed E-state index contributed by atoms with van der Waals surface area (Å²) in [4.78, 5) is 12.1. The number of piperidine rings is 1. The number of hydrogen-bond acceptors (Lipinski definition) is 4. The molecule has 1 aliphatic heterocycles. The first-order valence-electron chi connectivity index (χ1n) is 9.99. The van der Waals surface area contributed by atoms with E-state index in [0.29, 0.717) is 12.1 Å². The van der Waals surface area contributed by atoms with E-state index >= 15 is 0 Å². The molecule has 0 aliphatic carbocycles. The molecule has 29 heavy (non-hydrogen) atoms. The quantitative estimate of drug-likeness (QED) is 0.508. The smallest absolute Gasteiger partial charge is 0.139 e. The number of H-pyrrole nitrogens is 1. The number of hydroxylamine groups is 3. The van der Waals surface area contributed by atoms with Gasteiger partial charge in [0.2, 0.25) is 0 Å². The third-order valence-electron chi connectivity index (χ3n) is 5.84. The molecule has 1 saturated heterocycles. The summed E-state index contributed by atoms with van der Waals surface area (Å²) in [6.45, 7) is 2.33. The molecule has 2 N–H and O–H groups in total. The van der Waals surface area contributed by atoms with Crippen LogP contribution in [0.15, 0.2) is 48.8 Å². The number of aromatic amines is 1. The van der Waals surface area contributed by atoms with Crippen molar-refractivity contribution >= 4 is 22.1 Å². The lowest BCUT2D eigenvalue weighted by Gasteiger charge is -2.33. The lowest BCUT2D eigenvalue weighted by atomic mass is 10.0. The maximum atomic E-state index is 10.7. The van der Waals surface area contributed by atoms with Crippen LogP contribution in [-0.2, 0) is 6.54 Å². The molecule has 0 saturated carbocycles. The lowest BCUT2D eigenvalue weighted by molar-refractivity contribution is -1.12. The van der Waals surface area contributed by atoms with Gasteiger partial charge in [-0.25, -0.2) is 15.2 Å². The van der Waals surface area contributed by atoms with Crippen LogP contribution in [0.3, 0.4) is 0 Å². The van der Waals surface area contributed by atoms with Crippen LogP contribution < -0.4 is 0 Å². The van der Waals surface area contributed by atoms with E-state index in [9.17, 15) is 5.21 Å². The SMILES string of the molecule is N#Cc1cnc2[nH]c3ncc(-c4ccc(C[N+]5(O)CCCCC5)cc4)cc3c2c1. The first kappa shape index (κ1) is 17.8. The lowest BCUT2D eigenvalue weighted by Crippen LogP contribution is -2.47. The number of aromatic nitrogens is 3. The van der Waals surface area contributed by atoms with Crippen molar-refractivity contribution < 1.29 is 9.85 Å². The van der Waals surface area contributed by atoms with Gasteiger partial charge in [-0.2, -0.15) is 9.91 Å². The standard InChI is InChI=1S/C23H22N5O/c24-12-17-10-20-21-11-19(14-26-23(21)27-22(20)25-13-17)18-6-4-16(5-7-18)15-28(29)8-2-1-3-9-28/h4-7,10-11,13-14,29H,1-3,8-9,15H2,(H,25,26,27)/q+1. The Kier molecular flexibility index (Phi) is 4.27. The van der Waals surface area contributed by atoms with Gasteiger partial charge in [0.15, 0.2) is 0 Å². The van der Waals surface area contributed by atoms with Crippen molar-refractivity contribution in [1.29, 1.82) is 5.26 Å². The molecule has 0 unspecified atom stereocenters. The Labute approximate surface area is 168 Å². The molecule has 0 amide bonds. The Bertz CT molecular complexity index is 1230. The molecule has 4 aromatic rings. The van der Waals surface area contributed by atoms with Crippen LogP contribution in [-0.4, -0.2) is 37.9 Å². The topological polar surface area (TPSA) is 85.6 Å². The zero-order valence-corrected chi connectivity index (χ0v) is 16.1. The van der Waals surface area contributed by atoms with Crippen LogP contribution in [0.5, 0.6) is 0 Å². The molecule has 1 aliphatic rings. The molecule has 0 radical (unpaired) electrons. The number of rotatable bonds is 3. The van der Waals surface area contributed by atoms with Crippen molar-refractivity contribution in [2.45, 2.75) is 25.8 Å². The number of benzene rings is 1. The minimum Gasteiger partial charge on any atom is -0.324 e. The molecule has 0 bridgehead atoms. The number of fused-ring (bicyclic) bond motifs is 3. The Morgan fingerprint density at radius 1 is 0.931 bits per heavy atom.